The Morgan fingerprint density at radius 3 is 2.13 bits per heavy atom. The van der Waals surface area contributed by atoms with E-state index in [0.29, 0.717) is 36.8 Å². The molecule has 0 aromatic carbocycles. The zero-order valence-corrected chi connectivity index (χ0v) is 19.6. The summed E-state index contributed by atoms with van der Waals surface area (Å²) in [5.41, 5.74) is -0.858. The second-order valence-electron chi connectivity index (χ2n) is 10.1. The van der Waals surface area contributed by atoms with Crippen LogP contribution >= 0.6 is 0 Å². The van der Waals surface area contributed by atoms with Crippen LogP contribution in [0.5, 0.6) is 0 Å². The highest BCUT2D eigenvalue weighted by atomic mass is 16.6. The second kappa shape index (κ2) is 7.75. The van der Waals surface area contributed by atoms with Gasteiger partial charge in [0.2, 0.25) is 0 Å². The number of esters is 3. The van der Waals surface area contributed by atoms with Gasteiger partial charge in [-0.3, -0.25) is 14.4 Å². The van der Waals surface area contributed by atoms with Crippen molar-refractivity contribution in [2.24, 2.45) is 28.1 Å². The standard InChI is InChI=1S/C24H34O7/c1-13(20(27)29-6)19-15(26)12-17-22(3)11-9-18(31-14(2)25)24(5,21(28)30-7)16(22)8-10-23(17,19)4/h16-18H,8-12H2,1-7H3/b19-13+/t16-,17+,18+,22+,23+,24-/m1/s1. The molecule has 3 aliphatic rings. The molecule has 7 nitrogen and oxygen atoms in total. The van der Waals surface area contributed by atoms with E-state index in [9.17, 15) is 19.2 Å². The van der Waals surface area contributed by atoms with E-state index >= 15 is 0 Å². The van der Waals surface area contributed by atoms with Crippen molar-refractivity contribution in [3.8, 4) is 0 Å². The van der Waals surface area contributed by atoms with Crippen molar-refractivity contribution in [2.75, 3.05) is 14.2 Å². The van der Waals surface area contributed by atoms with Crippen LogP contribution in [0.2, 0.25) is 0 Å². The second-order valence-corrected chi connectivity index (χ2v) is 10.1. The molecule has 172 valence electrons. The van der Waals surface area contributed by atoms with Crippen LogP contribution in [-0.4, -0.2) is 44.0 Å². The number of rotatable bonds is 3. The zero-order chi connectivity index (χ0) is 23.4. The summed E-state index contributed by atoms with van der Waals surface area (Å²) in [6, 6.07) is 0. The quantitative estimate of drug-likeness (QED) is 0.382. The molecule has 0 unspecified atom stereocenters. The Kier molecular flexibility index (Phi) is 5.87. The predicted octanol–water partition coefficient (Wildman–Crippen LogP) is 3.39. The van der Waals surface area contributed by atoms with Crippen molar-refractivity contribution >= 4 is 23.7 Å². The van der Waals surface area contributed by atoms with Gasteiger partial charge in [0.15, 0.2) is 5.78 Å². The lowest BCUT2D eigenvalue weighted by Crippen LogP contribution is -2.62. The number of ether oxygens (including phenoxy) is 3. The van der Waals surface area contributed by atoms with Crippen LogP contribution in [-0.2, 0) is 33.4 Å². The first-order valence-electron chi connectivity index (χ1n) is 11.0. The molecule has 0 N–H and O–H groups in total. The average Bonchev–Trinajstić information content (AvgIpc) is 2.99. The summed E-state index contributed by atoms with van der Waals surface area (Å²) in [6.45, 7) is 9.07. The van der Waals surface area contributed by atoms with Crippen LogP contribution in [0.25, 0.3) is 0 Å². The monoisotopic (exact) mass is 434 g/mol. The molecule has 0 radical (unpaired) electrons. The van der Waals surface area contributed by atoms with Crippen LogP contribution in [0.15, 0.2) is 11.1 Å². The smallest absolute Gasteiger partial charge is 0.333 e. The molecule has 3 fully saturated rings. The van der Waals surface area contributed by atoms with Crippen molar-refractivity contribution < 1.29 is 33.4 Å². The lowest BCUT2D eigenvalue weighted by atomic mass is 9.42. The molecule has 0 amide bonds. The van der Waals surface area contributed by atoms with Crippen molar-refractivity contribution in [1.82, 2.24) is 0 Å². The van der Waals surface area contributed by atoms with Gasteiger partial charge in [-0.1, -0.05) is 13.8 Å². The van der Waals surface area contributed by atoms with Gasteiger partial charge in [-0.05, 0) is 56.8 Å². The van der Waals surface area contributed by atoms with E-state index in [1.165, 1.54) is 21.1 Å². The SMILES string of the molecule is COC(=O)/C(C)=C1\C(=O)C[C@H]2[C@@]3(C)CC[C@H](OC(C)=O)[C@](C)(C(=O)OC)[C@@H]3CC[C@]12C. The number of Topliss-reactive ketones (excluding diaryl/α,β-unsaturated/α-hetero) is 1. The van der Waals surface area contributed by atoms with E-state index in [0.717, 1.165) is 6.42 Å². The molecule has 31 heavy (non-hydrogen) atoms. The highest BCUT2D eigenvalue weighted by Crippen LogP contribution is 2.69. The third kappa shape index (κ3) is 3.23. The molecule has 0 aromatic rings. The highest BCUT2D eigenvalue weighted by Gasteiger charge is 2.68. The summed E-state index contributed by atoms with van der Waals surface area (Å²) in [7, 11) is 2.68. The van der Waals surface area contributed by atoms with Gasteiger partial charge in [0.05, 0.1) is 14.2 Å². The zero-order valence-electron chi connectivity index (χ0n) is 19.6. The fraction of sp³-hybridized carbons (Fsp3) is 0.750. The van der Waals surface area contributed by atoms with Gasteiger partial charge in [0, 0.05) is 29.9 Å². The summed E-state index contributed by atoms with van der Waals surface area (Å²) in [4.78, 5) is 50.2. The number of hydrogen-bond donors (Lipinski definition) is 0. The number of ketones is 1. The van der Waals surface area contributed by atoms with Crippen molar-refractivity contribution in [1.29, 1.82) is 0 Å². The van der Waals surface area contributed by atoms with E-state index in [1.807, 2.05) is 6.92 Å². The summed E-state index contributed by atoms with van der Waals surface area (Å²) >= 11 is 0. The molecular weight excluding hydrogens is 400 g/mol. The molecular formula is C24H34O7. The number of methoxy groups -OCH3 is 2. The van der Waals surface area contributed by atoms with Gasteiger partial charge >= 0.3 is 17.9 Å². The summed E-state index contributed by atoms with van der Waals surface area (Å²) in [5, 5.41) is 0. The third-order valence-corrected chi connectivity index (χ3v) is 8.69. The Balaban J connectivity index is 2.10. The molecule has 3 rings (SSSR count). The molecule has 0 spiro atoms. The topological polar surface area (TPSA) is 96.0 Å². The predicted molar refractivity (Wildman–Crippen MR) is 112 cm³/mol. The Labute approximate surface area is 183 Å². The molecule has 3 saturated carbocycles. The van der Waals surface area contributed by atoms with E-state index in [4.69, 9.17) is 14.2 Å². The van der Waals surface area contributed by atoms with Crippen LogP contribution < -0.4 is 0 Å². The van der Waals surface area contributed by atoms with Crippen LogP contribution in [0.4, 0.5) is 0 Å². The van der Waals surface area contributed by atoms with E-state index in [2.05, 4.69) is 13.8 Å². The molecule has 3 aliphatic carbocycles. The molecule has 6 atom stereocenters. The lowest BCUT2D eigenvalue weighted by Gasteiger charge is -2.61. The number of fused-ring (bicyclic) bond motifs is 3. The average molecular weight is 435 g/mol. The summed E-state index contributed by atoms with van der Waals surface area (Å²) < 4.78 is 15.7. The van der Waals surface area contributed by atoms with Crippen molar-refractivity contribution in [3.05, 3.63) is 11.1 Å². The van der Waals surface area contributed by atoms with Crippen molar-refractivity contribution in [3.63, 3.8) is 0 Å². The van der Waals surface area contributed by atoms with Crippen LogP contribution in [0, 0.1) is 28.1 Å². The van der Waals surface area contributed by atoms with Crippen LogP contribution in [0.1, 0.15) is 66.7 Å². The van der Waals surface area contributed by atoms with E-state index < -0.39 is 28.9 Å². The Morgan fingerprint density at radius 2 is 1.58 bits per heavy atom. The number of allylic oxidation sites excluding steroid dienone is 1. The maximum Gasteiger partial charge on any atom is 0.333 e. The largest absolute Gasteiger partial charge is 0.468 e. The third-order valence-electron chi connectivity index (χ3n) is 8.69. The van der Waals surface area contributed by atoms with Crippen LogP contribution in [0.3, 0.4) is 0 Å². The normalized spacial score (nSPS) is 41.0. The first-order chi connectivity index (χ1) is 14.4. The summed E-state index contributed by atoms with van der Waals surface area (Å²) in [6.07, 6.45) is 2.34. The maximum atomic E-state index is 13.2. The molecule has 0 saturated heterocycles. The highest BCUT2D eigenvalue weighted by molar-refractivity contribution is 6.06. The van der Waals surface area contributed by atoms with Gasteiger partial charge in [0.25, 0.3) is 0 Å². The molecule has 0 aromatic heterocycles. The van der Waals surface area contributed by atoms with Gasteiger partial charge in [-0.25, -0.2) is 4.79 Å². The lowest BCUT2D eigenvalue weighted by molar-refractivity contribution is -0.206. The van der Waals surface area contributed by atoms with Crippen molar-refractivity contribution in [2.45, 2.75) is 72.8 Å². The van der Waals surface area contributed by atoms with E-state index in [1.54, 1.807) is 6.92 Å². The van der Waals surface area contributed by atoms with Gasteiger partial charge in [0.1, 0.15) is 11.5 Å². The minimum Gasteiger partial charge on any atom is -0.468 e. The Morgan fingerprint density at radius 1 is 0.935 bits per heavy atom. The molecule has 0 aliphatic heterocycles. The fourth-order valence-electron chi connectivity index (χ4n) is 7.35. The minimum atomic E-state index is -0.998. The Hall–Kier alpha value is -2.18. The summed E-state index contributed by atoms with van der Waals surface area (Å²) in [5.74, 6) is -1.43. The molecule has 0 bridgehead atoms. The molecule has 7 heteroatoms. The van der Waals surface area contributed by atoms with Gasteiger partial charge < -0.3 is 14.2 Å². The Bertz CT molecular complexity index is 858. The number of hydrogen-bond acceptors (Lipinski definition) is 7. The van der Waals surface area contributed by atoms with Gasteiger partial charge in [-0.2, -0.15) is 0 Å². The first kappa shape index (κ1) is 23.5. The number of carbonyl (C=O) groups excluding carboxylic acids is 4. The molecule has 0 heterocycles. The first-order valence-corrected chi connectivity index (χ1v) is 11.0. The number of carbonyl (C=O) groups is 4. The van der Waals surface area contributed by atoms with Gasteiger partial charge in [-0.15, -0.1) is 0 Å². The fourth-order valence-corrected chi connectivity index (χ4v) is 7.35. The van der Waals surface area contributed by atoms with E-state index in [-0.39, 0.29) is 29.0 Å². The minimum absolute atomic E-state index is 0.0147. The maximum absolute atomic E-state index is 13.2.